The largest absolute Gasteiger partial charge is 0.493 e. The van der Waals surface area contributed by atoms with Crippen LogP contribution in [0.25, 0.3) is 0 Å². The number of methoxy groups -OCH3 is 2. The zero-order valence-corrected chi connectivity index (χ0v) is 17.9. The van der Waals surface area contributed by atoms with Crippen molar-refractivity contribution < 1.29 is 22.7 Å². The number of nitrogens with zero attached hydrogens (tertiary/aromatic N) is 2. The van der Waals surface area contributed by atoms with Crippen LogP contribution >= 0.6 is 0 Å². The molecule has 0 aliphatic rings. The number of hydrogen-bond donors (Lipinski definition) is 1. The molecule has 9 heteroatoms. The molecule has 2 aromatic carbocycles. The average Bonchev–Trinajstić information content (AvgIpc) is 2.71. The Kier molecular flexibility index (Phi) is 7.86. The highest BCUT2D eigenvalue weighted by atomic mass is 32.2. The molecule has 0 heterocycles. The van der Waals surface area contributed by atoms with Gasteiger partial charge in [0, 0.05) is 19.2 Å². The SMILES string of the molecule is COc1ccc(S(=O)(=O)N(CC(=O)NCCN(C)C)c2ccccc2)cc1OC. The molecule has 0 atom stereocenters. The smallest absolute Gasteiger partial charge is 0.264 e. The van der Waals surface area contributed by atoms with Crippen LogP contribution < -0.4 is 19.1 Å². The third-order valence-electron chi connectivity index (χ3n) is 4.16. The zero-order chi connectivity index (χ0) is 21.4. The van der Waals surface area contributed by atoms with E-state index in [9.17, 15) is 13.2 Å². The summed E-state index contributed by atoms with van der Waals surface area (Å²) >= 11 is 0. The van der Waals surface area contributed by atoms with Gasteiger partial charge in [0.1, 0.15) is 6.54 Å². The molecule has 0 radical (unpaired) electrons. The molecule has 0 fully saturated rings. The van der Waals surface area contributed by atoms with Crippen LogP contribution in [0.15, 0.2) is 53.4 Å². The van der Waals surface area contributed by atoms with Crippen molar-refractivity contribution in [1.29, 1.82) is 0 Å². The Labute approximate surface area is 172 Å². The molecule has 0 saturated heterocycles. The fourth-order valence-electron chi connectivity index (χ4n) is 2.62. The normalized spacial score (nSPS) is 11.2. The Morgan fingerprint density at radius 1 is 1.00 bits per heavy atom. The van der Waals surface area contributed by atoms with Gasteiger partial charge in [-0.25, -0.2) is 8.42 Å². The molecule has 8 nitrogen and oxygen atoms in total. The first-order chi connectivity index (χ1) is 13.8. The van der Waals surface area contributed by atoms with Gasteiger partial charge in [0.15, 0.2) is 11.5 Å². The minimum absolute atomic E-state index is 0.0000876. The standard InChI is InChI=1S/C20H27N3O5S/c1-22(2)13-12-21-20(24)15-23(16-8-6-5-7-9-16)29(25,26)17-10-11-18(27-3)19(14-17)28-4/h5-11,14H,12-13,15H2,1-4H3,(H,21,24). The second-order valence-corrected chi connectivity index (χ2v) is 8.38. The number of rotatable bonds is 10. The van der Waals surface area contributed by atoms with Crippen LogP contribution in [0, 0.1) is 0 Å². The van der Waals surface area contributed by atoms with E-state index in [0.717, 1.165) is 4.31 Å². The van der Waals surface area contributed by atoms with Gasteiger partial charge in [-0.05, 0) is 38.4 Å². The predicted octanol–water partition coefficient (Wildman–Crippen LogP) is 1.58. The van der Waals surface area contributed by atoms with Gasteiger partial charge >= 0.3 is 0 Å². The van der Waals surface area contributed by atoms with Crippen molar-refractivity contribution in [3.63, 3.8) is 0 Å². The quantitative estimate of drug-likeness (QED) is 0.627. The van der Waals surface area contributed by atoms with Crippen LogP contribution in [0.2, 0.25) is 0 Å². The molecule has 0 aliphatic carbocycles. The van der Waals surface area contributed by atoms with E-state index < -0.39 is 10.0 Å². The number of anilines is 1. The molecule has 0 aliphatic heterocycles. The van der Waals surface area contributed by atoms with E-state index in [1.54, 1.807) is 30.3 Å². The number of para-hydroxylation sites is 1. The Morgan fingerprint density at radius 3 is 2.24 bits per heavy atom. The van der Waals surface area contributed by atoms with Gasteiger partial charge in [-0.15, -0.1) is 0 Å². The van der Waals surface area contributed by atoms with Crippen LogP contribution in [0.3, 0.4) is 0 Å². The number of ether oxygens (including phenoxy) is 2. The van der Waals surface area contributed by atoms with E-state index >= 15 is 0 Å². The summed E-state index contributed by atoms with van der Waals surface area (Å²) < 4.78 is 38.2. The number of likely N-dealkylation sites (N-methyl/N-ethyl adjacent to an activating group) is 1. The molecule has 0 spiro atoms. The molecule has 0 saturated carbocycles. The van der Waals surface area contributed by atoms with Crippen LogP contribution in [0.4, 0.5) is 5.69 Å². The Morgan fingerprint density at radius 2 is 1.66 bits per heavy atom. The summed E-state index contributed by atoms with van der Waals surface area (Å²) in [4.78, 5) is 14.4. The number of sulfonamides is 1. The first kappa shape index (κ1) is 22.5. The summed E-state index contributed by atoms with van der Waals surface area (Å²) in [5.41, 5.74) is 0.394. The predicted molar refractivity (Wildman–Crippen MR) is 112 cm³/mol. The first-order valence-electron chi connectivity index (χ1n) is 9.01. The lowest BCUT2D eigenvalue weighted by Gasteiger charge is -2.24. The van der Waals surface area contributed by atoms with Crippen LogP contribution in [0.1, 0.15) is 0 Å². The van der Waals surface area contributed by atoms with E-state index in [-0.39, 0.29) is 23.1 Å². The Bertz CT molecular complexity index is 917. The molecular formula is C20H27N3O5S. The molecule has 2 rings (SSSR count). The molecule has 1 N–H and O–H groups in total. The molecule has 1 amide bonds. The molecule has 0 unspecified atom stereocenters. The van der Waals surface area contributed by atoms with E-state index in [1.165, 1.54) is 32.4 Å². The summed E-state index contributed by atoms with van der Waals surface area (Å²) in [6.45, 7) is 0.735. The average molecular weight is 422 g/mol. The van der Waals surface area contributed by atoms with Gasteiger partial charge < -0.3 is 19.7 Å². The lowest BCUT2D eigenvalue weighted by Crippen LogP contribution is -2.42. The number of amides is 1. The van der Waals surface area contributed by atoms with Gasteiger partial charge in [-0.3, -0.25) is 9.10 Å². The van der Waals surface area contributed by atoms with Gasteiger partial charge in [-0.1, -0.05) is 18.2 Å². The van der Waals surface area contributed by atoms with E-state index in [2.05, 4.69) is 5.32 Å². The van der Waals surface area contributed by atoms with Gasteiger partial charge in [0.05, 0.1) is 24.8 Å². The highest BCUT2D eigenvalue weighted by Gasteiger charge is 2.28. The number of benzene rings is 2. The fourth-order valence-corrected chi connectivity index (χ4v) is 4.06. The van der Waals surface area contributed by atoms with E-state index in [1.807, 2.05) is 19.0 Å². The number of carbonyl (C=O) groups excluding carboxylic acids is 1. The maximum atomic E-state index is 13.4. The van der Waals surface area contributed by atoms with Crippen molar-refractivity contribution >= 4 is 21.6 Å². The van der Waals surface area contributed by atoms with Crippen molar-refractivity contribution in [2.75, 3.05) is 52.3 Å². The summed E-state index contributed by atoms with van der Waals surface area (Å²) in [5, 5.41) is 2.75. The third-order valence-corrected chi connectivity index (χ3v) is 5.93. The van der Waals surface area contributed by atoms with Crippen molar-refractivity contribution in [1.82, 2.24) is 10.2 Å². The number of hydrogen-bond acceptors (Lipinski definition) is 6. The Balaban J connectivity index is 2.36. The highest BCUT2D eigenvalue weighted by Crippen LogP contribution is 2.32. The summed E-state index contributed by atoms with van der Waals surface area (Å²) in [6.07, 6.45) is 0. The van der Waals surface area contributed by atoms with Crippen molar-refractivity contribution in [2.45, 2.75) is 4.90 Å². The molecule has 0 bridgehead atoms. The second-order valence-electron chi connectivity index (χ2n) is 6.52. The monoisotopic (exact) mass is 421 g/mol. The summed E-state index contributed by atoms with van der Waals surface area (Å²) in [5.74, 6) is 0.316. The minimum atomic E-state index is -4.02. The number of carbonyl (C=O) groups is 1. The van der Waals surface area contributed by atoms with Crippen LogP contribution in [-0.4, -0.2) is 67.2 Å². The highest BCUT2D eigenvalue weighted by molar-refractivity contribution is 7.92. The molecule has 2 aromatic rings. The fraction of sp³-hybridized carbons (Fsp3) is 0.350. The maximum absolute atomic E-state index is 13.4. The summed E-state index contributed by atoms with van der Waals surface area (Å²) in [7, 11) is 2.67. The zero-order valence-electron chi connectivity index (χ0n) is 17.1. The van der Waals surface area contributed by atoms with Crippen molar-refractivity contribution in [3.05, 3.63) is 48.5 Å². The minimum Gasteiger partial charge on any atom is -0.493 e. The topological polar surface area (TPSA) is 88.2 Å². The van der Waals surface area contributed by atoms with Gasteiger partial charge in [-0.2, -0.15) is 0 Å². The van der Waals surface area contributed by atoms with Gasteiger partial charge in [0.25, 0.3) is 10.0 Å². The summed E-state index contributed by atoms with van der Waals surface area (Å²) in [6, 6.07) is 12.8. The second kappa shape index (κ2) is 10.1. The van der Waals surface area contributed by atoms with E-state index in [0.29, 0.717) is 24.5 Å². The maximum Gasteiger partial charge on any atom is 0.264 e. The molecule has 29 heavy (non-hydrogen) atoms. The third kappa shape index (κ3) is 5.85. The van der Waals surface area contributed by atoms with E-state index in [4.69, 9.17) is 9.47 Å². The molecular weight excluding hydrogens is 394 g/mol. The number of nitrogens with one attached hydrogen (secondary N) is 1. The lowest BCUT2D eigenvalue weighted by molar-refractivity contribution is -0.119. The Hall–Kier alpha value is -2.78. The van der Waals surface area contributed by atoms with Crippen molar-refractivity contribution in [2.24, 2.45) is 0 Å². The van der Waals surface area contributed by atoms with Gasteiger partial charge in [0.2, 0.25) is 5.91 Å². The first-order valence-corrected chi connectivity index (χ1v) is 10.4. The lowest BCUT2D eigenvalue weighted by atomic mass is 10.3. The van der Waals surface area contributed by atoms with Crippen LogP contribution in [0.5, 0.6) is 11.5 Å². The van der Waals surface area contributed by atoms with Crippen molar-refractivity contribution in [3.8, 4) is 11.5 Å². The molecule has 0 aromatic heterocycles. The molecule has 158 valence electrons. The van der Waals surface area contributed by atoms with Crippen LogP contribution in [-0.2, 0) is 14.8 Å².